The highest BCUT2D eigenvalue weighted by molar-refractivity contribution is 6.01. The molecule has 2 N–H and O–H groups in total. The molecule has 0 spiro atoms. The number of oxime groups is 1. The van der Waals surface area contributed by atoms with Crippen molar-refractivity contribution < 1.29 is 4.84 Å². The number of imidazole rings is 1. The lowest BCUT2D eigenvalue weighted by Crippen LogP contribution is -2.12. The molecular formula is C15H20N4O. The van der Waals surface area contributed by atoms with Crippen LogP contribution in [0.2, 0.25) is 0 Å². The van der Waals surface area contributed by atoms with Gasteiger partial charge in [0.15, 0.2) is 0 Å². The minimum absolute atomic E-state index is 0.630. The number of hydrogen-bond donors (Lipinski definition) is 1. The third-order valence-electron chi connectivity index (χ3n) is 3.04. The Morgan fingerprint density at radius 3 is 2.75 bits per heavy atom. The molecule has 0 saturated heterocycles. The van der Waals surface area contributed by atoms with E-state index in [0.717, 1.165) is 35.8 Å². The molecule has 5 heteroatoms. The summed E-state index contributed by atoms with van der Waals surface area (Å²) in [5.41, 5.74) is 8.28. The Labute approximate surface area is 119 Å². The number of nitrogens with zero attached hydrogens (tertiary/aromatic N) is 3. The van der Waals surface area contributed by atoms with Gasteiger partial charge in [-0.05, 0) is 24.1 Å². The lowest BCUT2D eigenvalue weighted by molar-refractivity contribution is 0.213. The molecule has 2 rings (SSSR count). The molecule has 0 aliphatic rings. The molecule has 0 bridgehead atoms. The van der Waals surface area contributed by atoms with Crippen molar-refractivity contribution in [1.82, 2.24) is 9.55 Å². The first-order valence-electron chi connectivity index (χ1n) is 6.70. The summed E-state index contributed by atoms with van der Waals surface area (Å²) >= 11 is 0. The first-order valence-corrected chi connectivity index (χ1v) is 6.70. The first-order chi connectivity index (χ1) is 9.74. The van der Waals surface area contributed by atoms with E-state index in [1.165, 1.54) is 0 Å². The third kappa shape index (κ3) is 3.38. The predicted molar refractivity (Wildman–Crippen MR) is 80.6 cm³/mol. The largest absolute Gasteiger partial charge is 0.399 e. The molecule has 0 atom stereocenters. The van der Waals surface area contributed by atoms with Gasteiger partial charge >= 0.3 is 0 Å². The van der Waals surface area contributed by atoms with Crippen molar-refractivity contribution >= 4 is 11.4 Å². The van der Waals surface area contributed by atoms with E-state index >= 15 is 0 Å². The highest BCUT2D eigenvalue weighted by Crippen LogP contribution is 2.11. The van der Waals surface area contributed by atoms with Gasteiger partial charge in [0.2, 0.25) is 0 Å². The van der Waals surface area contributed by atoms with Gasteiger partial charge in [-0.1, -0.05) is 24.2 Å². The smallest absolute Gasteiger partial charge is 0.114 e. The molecule has 0 fully saturated rings. The van der Waals surface area contributed by atoms with E-state index in [1.807, 2.05) is 36.7 Å². The Bertz CT molecular complexity index is 572. The van der Waals surface area contributed by atoms with Gasteiger partial charge < -0.3 is 15.1 Å². The lowest BCUT2D eigenvalue weighted by Gasteiger charge is -2.09. The zero-order valence-electron chi connectivity index (χ0n) is 11.9. The second-order valence-electron chi connectivity index (χ2n) is 4.56. The highest BCUT2D eigenvalue weighted by atomic mass is 16.6. The molecule has 1 aromatic carbocycles. The molecule has 0 saturated carbocycles. The summed E-state index contributed by atoms with van der Waals surface area (Å²) in [4.78, 5) is 9.36. The molecule has 106 valence electrons. The van der Waals surface area contributed by atoms with E-state index in [0.29, 0.717) is 6.42 Å². The topological polar surface area (TPSA) is 65.4 Å². The summed E-state index contributed by atoms with van der Waals surface area (Å²) in [7, 11) is 1.55. The quantitative estimate of drug-likeness (QED) is 0.499. The van der Waals surface area contributed by atoms with Crippen LogP contribution in [0.5, 0.6) is 0 Å². The van der Waals surface area contributed by atoms with Gasteiger partial charge in [-0.15, -0.1) is 0 Å². The molecule has 0 unspecified atom stereocenters. The van der Waals surface area contributed by atoms with E-state index in [4.69, 9.17) is 10.6 Å². The number of benzene rings is 1. The summed E-state index contributed by atoms with van der Waals surface area (Å²) in [6.45, 7) is 3.10. The lowest BCUT2D eigenvalue weighted by atomic mass is 10.1. The second-order valence-corrected chi connectivity index (χ2v) is 4.56. The number of aromatic nitrogens is 2. The van der Waals surface area contributed by atoms with Crippen LogP contribution in [0.25, 0.3) is 0 Å². The summed E-state index contributed by atoms with van der Waals surface area (Å²) in [5.74, 6) is 0.986. The molecule has 0 radical (unpaired) electrons. The van der Waals surface area contributed by atoms with Crippen LogP contribution >= 0.6 is 0 Å². The van der Waals surface area contributed by atoms with Crippen molar-refractivity contribution in [3.8, 4) is 0 Å². The monoisotopic (exact) mass is 272 g/mol. The number of rotatable bonds is 6. The average Bonchev–Trinajstić information content (AvgIpc) is 2.87. The summed E-state index contributed by atoms with van der Waals surface area (Å²) in [5, 5.41) is 4.12. The maximum Gasteiger partial charge on any atom is 0.114 e. The Morgan fingerprint density at radius 2 is 2.10 bits per heavy atom. The Hall–Kier alpha value is -2.30. The fourth-order valence-electron chi connectivity index (χ4n) is 2.07. The van der Waals surface area contributed by atoms with E-state index in [2.05, 4.69) is 21.6 Å². The van der Waals surface area contributed by atoms with Crippen LogP contribution in [0, 0.1) is 0 Å². The molecule has 1 heterocycles. The zero-order valence-corrected chi connectivity index (χ0v) is 11.9. The summed E-state index contributed by atoms with van der Waals surface area (Å²) in [6.07, 6.45) is 5.51. The van der Waals surface area contributed by atoms with Crippen LogP contribution in [0.1, 0.15) is 24.7 Å². The van der Waals surface area contributed by atoms with Crippen LogP contribution in [0.15, 0.2) is 41.8 Å². The van der Waals surface area contributed by atoms with Gasteiger partial charge in [0.1, 0.15) is 12.9 Å². The fourth-order valence-corrected chi connectivity index (χ4v) is 2.07. The number of hydrogen-bond acceptors (Lipinski definition) is 4. The summed E-state index contributed by atoms with van der Waals surface area (Å²) in [6, 6.07) is 7.61. The number of aryl methyl sites for hydroxylation is 1. The van der Waals surface area contributed by atoms with Crippen LogP contribution in [0.4, 0.5) is 5.69 Å². The molecule has 1 aromatic heterocycles. The molecule has 0 aliphatic carbocycles. The third-order valence-corrected chi connectivity index (χ3v) is 3.04. The van der Waals surface area contributed by atoms with Crippen LogP contribution in [-0.4, -0.2) is 22.4 Å². The van der Waals surface area contributed by atoms with Gasteiger partial charge in [0.05, 0.1) is 12.1 Å². The minimum atomic E-state index is 0.630. The number of anilines is 1. The fraction of sp³-hybridized carbons (Fsp3) is 0.333. The van der Waals surface area contributed by atoms with Crippen molar-refractivity contribution in [3.63, 3.8) is 0 Å². The van der Waals surface area contributed by atoms with Gasteiger partial charge in [0.25, 0.3) is 0 Å². The maximum absolute atomic E-state index is 5.71. The molecule has 2 aromatic rings. The van der Waals surface area contributed by atoms with Gasteiger partial charge in [0, 0.05) is 24.6 Å². The summed E-state index contributed by atoms with van der Waals surface area (Å²) < 4.78 is 2.14. The second kappa shape index (κ2) is 6.75. The first kappa shape index (κ1) is 14.1. The predicted octanol–water partition coefficient (Wildman–Crippen LogP) is 2.47. The van der Waals surface area contributed by atoms with Crippen molar-refractivity contribution in [2.45, 2.75) is 26.3 Å². The molecule has 20 heavy (non-hydrogen) atoms. The zero-order chi connectivity index (χ0) is 14.4. The molecular weight excluding hydrogens is 252 g/mol. The molecule has 0 amide bonds. The van der Waals surface area contributed by atoms with Gasteiger partial charge in [-0.2, -0.15) is 0 Å². The molecule has 5 nitrogen and oxygen atoms in total. The van der Waals surface area contributed by atoms with E-state index in [-0.39, 0.29) is 0 Å². The van der Waals surface area contributed by atoms with Crippen LogP contribution in [-0.2, 0) is 17.8 Å². The Balaban J connectivity index is 2.24. The van der Waals surface area contributed by atoms with Crippen molar-refractivity contribution in [2.75, 3.05) is 12.8 Å². The Kier molecular flexibility index (Phi) is 4.76. The SMILES string of the molecule is CCCn1ccnc1C/C(=N\OC)c1ccc(N)cc1. The van der Waals surface area contributed by atoms with Gasteiger partial charge in [-0.25, -0.2) is 4.98 Å². The van der Waals surface area contributed by atoms with Crippen LogP contribution < -0.4 is 5.73 Å². The number of nitrogens with two attached hydrogens (primary N) is 1. The molecule has 0 aliphatic heterocycles. The maximum atomic E-state index is 5.71. The number of nitrogen functional groups attached to an aromatic ring is 1. The van der Waals surface area contributed by atoms with Gasteiger partial charge in [-0.3, -0.25) is 0 Å². The van der Waals surface area contributed by atoms with Crippen LogP contribution in [0.3, 0.4) is 0 Å². The standard InChI is InChI=1S/C15H20N4O/c1-3-9-19-10-8-17-15(19)11-14(18-20-2)12-4-6-13(16)7-5-12/h4-8,10H,3,9,11,16H2,1-2H3/b18-14+. The highest BCUT2D eigenvalue weighted by Gasteiger charge is 2.10. The van der Waals surface area contributed by atoms with E-state index < -0.39 is 0 Å². The minimum Gasteiger partial charge on any atom is -0.399 e. The Morgan fingerprint density at radius 1 is 1.35 bits per heavy atom. The average molecular weight is 272 g/mol. The van der Waals surface area contributed by atoms with Crippen molar-refractivity contribution in [2.24, 2.45) is 5.16 Å². The van der Waals surface area contributed by atoms with E-state index in [9.17, 15) is 0 Å². The van der Waals surface area contributed by atoms with Crippen molar-refractivity contribution in [3.05, 3.63) is 48.0 Å². The van der Waals surface area contributed by atoms with E-state index in [1.54, 1.807) is 7.11 Å². The van der Waals surface area contributed by atoms with Crippen molar-refractivity contribution in [1.29, 1.82) is 0 Å². The normalized spacial score (nSPS) is 11.6.